The molecule has 0 aromatic carbocycles. The molecule has 0 aromatic heterocycles. The summed E-state index contributed by atoms with van der Waals surface area (Å²) in [5.41, 5.74) is 0. The van der Waals surface area contributed by atoms with Gasteiger partial charge in [-0.1, -0.05) is 254 Å². The van der Waals surface area contributed by atoms with Gasteiger partial charge in [-0.05, 0) is 77.0 Å². The summed E-state index contributed by atoms with van der Waals surface area (Å²) in [4.78, 5) is 51.2. The van der Waals surface area contributed by atoms with Crippen molar-refractivity contribution in [1.82, 2.24) is 0 Å². The molecule has 1 aliphatic heterocycles. The Morgan fingerprint density at radius 1 is 0.443 bits per heavy atom. The number of esters is 3. The normalized spacial score (nSPS) is 18.4. The van der Waals surface area contributed by atoms with Crippen LogP contribution >= 0.6 is 0 Å². The van der Waals surface area contributed by atoms with Crippen LogP contribution in [-0.2, 0) is 42.9 Å². The molecule has 0 aromatic rings. The van der Waals surface area contributed by atoms with Crippen LogP contribution in [0.4, 0.5) is 0 Å². The van der Waals surface area contributed by atoms with Gasteiger partial charge < -0.3 is 39.0 Å². The Hall–Kier alpha value is -4.10. The highest BCUT2D eigenvalue weighted by molar-refractivity contribution is 5.74. The fourth-order valence-electron chi connectivity index (χ4n) is 9.18. The maximum Gasteiger partial charge on any atom is 0.335 e. The molecule has 12 nitrogen and oxygen atoms in total. The predicted molar refractivity (Wildman–Crippen MR) is 321 cm³/mol. The average molecular weight is 1110 g/mol. The van der Waals surface area contributed by atoms with Gasteiger partial charge in [-0.3, -0.25) is 14.4 Å². The standard InChI is InChI=1S/C67H112O12/c1-4-7-10-13-16-19-22-25-28-29-30-31-34-35-38-41-44-47-50-53-59(68)75-56-58(77-60(69)54-51-48-45-42-39-36-32-26-23-20-17-14-11-8-5-2)57-76-67-65(63(72)62(71)64(79-67)66(73)74)78-61(70)55-52-49-46-43-40-37-33-27-24-21-18-15-12-9-6-3/h8,11,16-17,19-20,25-26,28,32,39,42,48,51,58,62-65,67,71-72H,4-7,9-10,12-15,18,21-24,27,29-31,33-38,40-41,43-47,49-50,52-57H2,1-3H3,(H,73,74)/b11-8-,19-16-,20-17-,28-25-,32-26-,42-39-,51-48-. The lowest BCUT2D eigenvalue weighted by Gasteiger charge is -2.40. The van der Waals surface area contributed by atoms with E-state index in [4.69, 9.17) is 23.7 Å². The van der Waals surface area contributed by atoms with Gasteiger partial charge in [0.15, 0.2) is 24.6 Å². The number of hydrogen-bond acceptors (Lipinski definition) is 11. The Balaban J connectivity index is 2.71. The first-order valence-electron chi connectivity index (χ1n) is 31.6. The van der Waals surface area contributed by atoms with Crippen molar-refractivity contribution in [3.8, 4) is 0 Å². The number of carbonyl (C=O) groups is 4. The Morgan fingerprint density at radius 3 is 1.30 bits per heavy atom. The van der Waals surface area contributed by atoms with E-state index in [1.807, 2.05) is 12.2 Å². The highest BCUT2D eigenvalue weighted by Gasteiger charge is 2.50. The lowest BCUT2D eigenvalue weighted by atomic mass is 9.98. The van der Waals surface area contributed by atoms with E-state index in [-0.39, 0.29) is 25.9 Å². The Labute approximate surface area is 480 Å². The minimum absolute atomic E-state index is 0.0505. The van der Waals surface area contributed by atoms with Gasteiger partial charge in [0.25, 0.3) is 0 Å². The van der Waals surface area contributed by atoms with E-state index in [0.717, 1.165) is 83.5 Å². The van der Waals surface area contributed by atoms with Crippen molar-refractivity contribution in [3.63, 3.8) is 0 Å². The molecule has 1 heterocycles. The second kappa shape index (κ2) is 54.5. The third-order valence-electron chi connectivity index (χ3n) is 14.0. The maximum atomic E-state index is 13.1. The number of aliphatic hydroxyl groups excluding tert-OH is 2. The Kier molecular flexibility index (Phi) is 50.3. The number of aliphatic carboxylic acids is 1. The first kappa shape index (κ1) is 72.9. The number of unbranched alkanes of at least 4 members (excludes halogenated alkanes) is 26. The maximum absolute atomic E-state index is 13.1. The lowest BCUT2D eigenvalue weighted by Crippen LogP contribution is -2.61. The molecule has 79 heavy (non-hydrogen) atoms. The zero-order valence-electron chi connectivity index (χ0n) is 49.8. The monoisotopic (exact) mass is 1110 g/mol. The molecule has 3 N–H and O–H groups in total. The summed E-state index contributed by atoms with van der Waals surface area (Å²) in [6.07, 6.45) is 58.6. The molecule has 12 heteroatoms. The second-order valence-corrected chi connectivity index (χ2v) is 21.3. The fraction of sp³-hybridized carbons (Fsp3) is 0.731. The number of ether oxygens (including phenoxy) is 5. The zero-order chi connectivity index (χ0) is 57.5. The Morgan fingerprint density at radius 2 is 0.835 bits per heavy atom. The van der Waals surface area contributed by atoms with Crippen LogP contribution in [0.5, 0.6) is 0 Å². The highest BCUT2D eigenvalue weighted by atomic mass is 16.7. The van der Waals surface area contributed by atoms with Gasteiger partial charge in [0.2, 0.25) is 0 Å². The molecule has 0 spiro atoms. The summed E-state index contributed by atoms with van der Waals surface area (Å²) in [7, 11) is 0. The van der Waals surface area contributed by atoms with Gasteiger partial charge in [0.1, 0.15) is 18.8 Å². The van der Waals surface area contributed by atoms with Gasteiger partial charge in [0.05, 0.1) is 13.0 Å². The van der Waals surface area contributed by atoms with E-state index >= 15 is 0 Å². The summed E-state index contributed by atoms with van der Waals surface area (Å²) in [6.45, 7) is 5.79. The first-order valence-corrected chi connectivity index (χ1v) is 31.6. The van der Waals surface area contributed by atoms with E-state index < -0.39 is 67.3 Å². The lowest BCUT2D eigenvalue weighted by molar-refractivity contribution is -0.301. The smallest absolute Gasteiger partial charge is 0.335 e. The third-order valence-corrected chi connectivity index (χ3v) is 14.0. The highest BCUT2D eigenvalue weighted by Crippen LogP contribution is 2.26. The molecule has 452 valence electrons. The molecule has 0 bridgehead atoms. The molecule has 1 fully saturated rings. The molecular weight excluding hydrogens is 997 g/mol. The summed E-state index contributed by atoms with van der Waals surface area (Å²) in [5, 5.41) is 31.5. The van der Waals surface area contributed by atoms with Gasteiger partial charge >= 0.3 is 23.9 Å². The first-order chi connectivity index (χ1) is 38.6. The molecule has 1 saturated heterocycles. The molecule has 1 rings (SSSR count). The molecular formula is C67H112O12. The van der Waals surface area contributed by atoms with Gasteiger partial charge in [0, 0.05) is 12.8 Å². The molecule has 0 radical (unpaired) electrons. The zero-order valence-corrected chi connectivity index (χ0v) is 49.8. The van der Waals surface area contributed by atoms with E-state index in [9.17, 15) is 34.5 Å². The number of aliphatic hydroxyl groups is 2. The number of rotatable bonds is 53. The molecule has 0 amide bonds. The predicted octanol–water partition coefficient (Wildman–Crippen LogP) is 16.7. The van der Waals surface area contributed by atoms with Crippen LogP contribution in [0, 0.1) is 0 Å². The SMILES string of the molecule is CC/C=C\C/C=C\C/C=C\C/C=C\C/C=C\CC(=O)OC(COC(=O)CCCCCCCCCCC/C=C\C/C=C\CCCCC)COC1OC(C(=O)O)C(O)C(O)C1OC(=O)CCCCCCCCCCCCCCCCC. The molecule has 6 unspecified atom stereocenters. The number of allylic oxidation sites excluding steroid dienone is 13. The van der Waals surface area contributed by atoms with Crippen molar-refractivity contribution >= 4 is 23.9 Å². The summed E-state index contributed by atoms with van der Waals surface area (Å²) < 4.78 is 28.4. The minimum atomic E-state index is -1.92. The van der Waals surface area contributed by atoms with Crippen molar-refractivity contribution in [3.05, 3.63) is 85.1 Å². The van der Waals surface area contributed by atoms with Crippen molar-refractivity contribution < 1.29 is 58.2 Å². The van der Waals surface area contributed by atoms with Crippen LogP contribution in [0.25, 0.3) is 0 Å². The molecule has 0 saturated carbocycles. The van der Waals surface area contributed by atoms with Crippen molar-refractivity contribution in [2.24, 2.45) is 0 Å². The van der Waals surface area contributed by atoms with E-state index in [1.54, 1.807) is 6.08 Å². The summed E-state index contributed by atoms with van der Waals surface area (Å²) in [6, 6.07) is 0. The van der Waals surface area contributed by atoms with Crippen LogP contribution in [0.2, 0.25) is 0 Å². The van der Waals surface area contributed by atoms with Gasteiger partial charge in [-0.25, -0.2) is 4.79 Å². The fourth-order valence-corrected chi connectivity index (χ4v) is 9.18. The van der Waals surface area contributed by atoms with E-state index in [2.05, 4.69) is 87.6 Å². The van der Waals surface area contributed by atoms with Crippen LogP contribution in [0.1, 0.15) is 265 Å². The van der Waals surface area contributed by atoms with Gasteiger partial charge in [-0.2, -0.15) is 0 Å². The average Bonchev–Trinajstić information content (AvgIpc) is 3.46. The topological polar surface area (TPSA) is 175 Å². The van der Waals surface area contributed by atoms with Gasteiger partial charge in [-0.15, -0.1) is 0 Å². The van der Waals surface area contributed by atoms with Crippen LogP contribution < -0.4 is 0 Å². The minimum Gasteiger partial charge on any atom is -0.479 e. The summed E-state index contributed by atoms with van der Waals surface area (Å²) in [5.74, 6) is -3.28. The number of hydrogen-bond donors (Lipinski definition) is 3. The van der Waals surface area contributed by atoms with E-state index in [0.29, 0.717) is 19.3 Å². The number of carboxylic acids is 1. The molecule has 0 aliphatic carbocycles. The number of carboxylic acid groups (broad SMARTS) is 1. The van der Waals surface area contributed by atoms with Crippen LogP contribution in [0.15, 0.2) is 85.1 Å². The van der Waals surface area contributed by atoms with Crippen molar-refractivity contribution in [2.75, 3.05) is 13.2 Å². The molecule has 1 aliphatic rings. The van der Waals surface area contributed by atoms with Crippen molar-refractivity contribution in [1.29, 1.82) is 0 Å². The third kappa shape index (κ3) is 44.3. The van der Waals surface area contributed by atoms with Crippen molar-refractivity contribution in [2.45, 2.75) is 302 Å². The summed E-state index contributed by atoms with van der Waals surface area (Å²) >= 11 is 0. The second-order valence-electron chi connectivity index (χ2n) is 21.3. The quantitative estimate of drug-likeness (QED) is 0.0228. The Bertz CT molecular complexity index is 1700. The van der Waals surface area contributed by atoms with Crippen LogP contribution in [0.3, 0.4) is 0 Å². The largest absolute Gasteiger partial charge is 0.479 e. The molecule has 6 atom stereocenters. The number of carbonyl (C=O) groups excluding carboxylic acids is 3. The van der Waals surface area contributed by atoms with Crippen LogP contribution in [-0.4, -0.2) is 89.2 Å². The van der Waals surface area contributed by atoms with E-state index in [1.165, 1.54) is 122 Å².